The van der Waals surface area contributed by atoms with Crippen LogP contribution in [0.25, 0.3) is 0 Å². The first-order chi connectivity index (χ1) is 13.9. The molecular weight excluding hydrogens is 374 g/mol. The second-order valence-electron chi connectivity index (χ2n) is 8.55. The van der Waals surface area contributed by atoms with Crippen molar-refractivity contribution in [2.75, 3.05) is 26.7 Å². The standard InChI is InChI=1S/C21H35N3O5/c1-4-6-11-23-18(27)16-21-10-9-20(5-2,29-21)14(17(26)22-3)15(21)19(28)24(16)12-7-8-13-25/h14-16,25H,4-13H2,1-3H3,(H,22,26)(H,23,27)/t14-,15+,16?,20+,21?/m1/s1. The fourth-order valence-electron chi connectivity index (χ4n) is 5.69. The molecule has 0 aromatic carbocycles. The molecule has 3 heterocycles. The van der Waals surface area contributed by atoms with E-state index in [1.165, 1.54) is 0 Å². The van der Waals surface area contributed by atoms with E-state index in [0.717, 1.165) is 12.8 Å². The topological polar surface area (TPSA) is 108 Å². The minimum absolute atomic E-state index is 0.0419. The van der Waals surface area contributed by atoms with E-state index in [-0.39, 0.29) is 24.3 Å². The quantitative estimate of drug-likeness (QED) is 0.458. The molecule has 3 N–H and O–H groups in total. The highest BCUT2D eigenvalue weighted by molar-refractivity contribution is 5.99. The number of nitrogens with one attached hydrogen (secondary N) is 2. The molecule has 3 fully saturated rings. The number of fused-ring (bicyclic) bond motifs is 1. The van der Waals surface area contributed by atoms with Crippen molar-refractivity contribution in [2.24, 2.45) is 11.8 Å². The van der Waals surface area contributed by atoms with E-state index in [1.807, 2.05) is 6.92 Å². The van der Waals surface area contributed by atoms with Gasteiger partial charge < -0.3 is 25.4 Å². The maximum atomic E-state index is 13.5. The number of nitrogens with zero attached hydrogens (tertiary/aromatic N) is 1. The lowest BCUT2D eigenvalue weighted by Gasteiger charge is -2.33. The fourth-order valence-corrected chi connectivity index (χ4v) is 5.69. The van der Waals surface area contributed by atoms with Gasteiger partial charge in [0.25, 0.3) is 0 Å². The molecule has 2 bridgehead atoms. The minimum atomic E-state index is -0.945. The van der Waals surface area contributed by atoms with Crippen LogP contribution in [0.4, 0.5) is 0 Å². The Kier molecular flexibility index (Phi) is 6.53. The van der Waals surface area contributed by atoms with Crippen LogP contribution in [0.1, 0.15) is 58.8 Å². The SMILES string of the molecule is CCCCNC(=O)C1N(CCCCO)C(=O)[C@@H]2[C@H](C(=O)NC)[C@]3(CC)CCC12O3. The Morgan fingerprint density at radius 1 is 1.21 bits per heavy atom. The van der Waals surface area contributed by atoms with Crippen LogP contribution in [0.2, 0.25) is 0 Å². The summed E-state index contributed by atoms with van der Waals surface area (Å²) in [7, 11) is 1.58. The average molecular weight is 410 g/mol. The molecule has 0 aromatic rings. The molecule has 164 valence electrons. The third kappa shape index (κ3) is 3.34. The van der Waals surface area contributed by atoms with Crippen LogP contribution in [-0.2, 0) is 19.1 Å². The lowest BCUT2D eigenvalue weighted by Crippen LogP contribution is -2.55. The molecule has 3 saturated heterocycles. The smallest absolute Gasteiger partial charge is 0.245 e. The minimum Gasteiger partial charge on any atom is -0.396 e. The Labute approximate surface area is 172 Å². The van der Waals surface area contributed by atoms with Crippen LogP contribution < -0.4 is 10.6 Å². The predicted octanol–water partition coefficient (Wildman–Crippen LogP) is 0.576. The van der Waals surface area contributed by atoms with E-state index < -0.39 is 29.1 Å². The number of unbranched alkanes of at least 4 members (excludes halogenated alkanes) is 2. The molecule has 0 saturated carbocycles. The Bertz CT molecular complexity index is 656. The van der Waals surface area contributed by atoms with Gasteiger partial charge in [0.2, 0.25) is 17.7 Å². The van der Waals surface area contributed by atoms with Crippen molar-refractivity contribution in [3.05, 3.63) is 0 Å². The normalized spacial score (nSPS) is 35.1. The zero-order valence-corrected chi connectivity index (χ0v) is 17.8. The van der Waals surface area contributed by atoms with Gasteiger partial charge in [-0.25, -0.2) is 0 Å². The summed E-state index contributed by atoms with van der Waals surface area (Å²) in [5, 5.41) is 14.8. The van der Waals surface area contributed by atoms with Gasteiger partial charge in [-0.2, -0.15) is 0 Å². The number of likely N-dealkylation sites (tertiary alicyclic amines) is 1. The Morgan fingerprint density at radius 3 is 2.59 bits per heavy atom. The predicted molar refractivity (Wildman–Crippen MR) is 107 cm³/mol. The molecule has 3 rings (SSSR count). The Balaban J connectivity index is 1.97. The molecule has 1 spiro atoms. The number of aliphatic hydroxyl groups is 1. The Morgan fingerprint density at radius 2 is 1.97 bits per heavy atom. The summed E-state index contributed by atoms with van der Waals surface area (Å²) >= 11 is 0. The lowest BCUT2D eigenvalue weighted by atomic mass is 9.65. The molecule has 29 heavy (non-hydrogen) atoms. The molecule has 0 aliphatic carbocycles. The van der Waals surface area contributed by atoms with Crippen molar-refractivity contribution in [1.29, 1.82) is 0 Å². The second kappa shape index (κ2) is 8.60. The van der Waals surface area contributed by atoms with Crippen LogP contribution in [0, 0.1) is 11.8 Å². The number of carbonyl (C=O) groups is 3. The second-order valence-corrected chi connectivity index (χ2v) is 8.55. The van der Waals surface area contributed by atoms with Gasteiger partial charge in [0, 0.05) is 26.7 Å². The van der Waals surface area contributed by atoms with Crippen molar-refractivity contribution in [2.45, 2.75) is 76.0 Å². The molecule has 2 unspecified atom stereocenters. The first-order valence-electron chi connectivity index (χ1n) is 11.0. The van der Waals surface area contributed by atoms with Crippen LogP contribution >= 0.6 is 0 Å². The number of rotatable bonds is 10. The van der Waals surface area contributed by atoms with E-state index in [1.54, 1.807) is 11.9 Å². The summed E-state index contributed by atoms with van der Waals surface area (Å²) in [6.45, 7) is 5.02. The largest absolute Gasteiger partial charge is 0.396 e. The van der Waals surface area contributed by atoms with Crippen LogP contribution in [0.15, 0.2) is 0 Å². The van der Waals surface area contributed by atoms with Gasteiger partial charge in [-0.05, 0) is 38.5 Å². The van der Waals surface area contributed by atoms with E-state index in [9.17, 15) is 14.4 Å². The first-order valence-corrected chi connectivity index (χ1v) is 11.0. The summed E-state index contributed by atoms with van der Waals surface area (Å²) in [4.78, 5) is 41.2. The van der Waals surface area contributed by atoms with E-state index >= 15 is 0 Å². The summed E-state index contributed by atoms with van der Waals surface area (Å²) in [6, 6.07) is -0.723. The van der Waals surface area contributed by atoms with Gasteiger partial charge >= 0.3 is 0 Å². The van der Waals surface area contributed by atoms with Crippen molar-refractivity contribution in [1.82, 2.24) is 15.5 Å². The zero-order valence-electron chi connectivity index (χ0n) is 17.8. The molecule has 3 amide bonds. The highest BCUT2D eigenvalue weighted by Crippen LogP contribution is 2.64. The van der Waals surface area contributed by atoms with Gasteiger partial charge in [0.05, 0.1) is 17.4 Å². The van der Waals surface area contributed by atoms with Gasteiger partial charge in [-0.1, -0.05) is 20.3 Å². The molecule has 8 heteroatoms. The van der Waals surface area contributed by atoms with Crippen molar-refractivity contribution >= 4 is 17.7 Å². The van der Waals surface area contributed by atoms with Crippen LogP contribution in [-0.4, -0.2) is 71.7 Å². The summed E-state index contributed by atoms with van der Waals surface area (Å²) in [5.74, 6) is -1.75. The molecule has 3 aliphatic heterocycles. The highest BCUT2D eigenvalue weighted by atomic mass is 16.5. The molecule has 8 nitrogen and oxygen atoms in total. The third-order valence-corrected chi connectivity index (χ3v) is 7.09. The zero-order chi connectivity index (χ0) is 21.2. The first kappa shape index (κ1) is 22.0. The van der Waals surface area contributed by atoms with E-state index in [2.05, 4.69) is 17.6 Å². The average Bonchev–Trinajstić information content (AvgIpc) is 3.32. The summed E-state index contributed by atoms with van der Waals surface area (Å²) < 4.78 is 6.57. The van der Waals surface area contributed by atoms with Gasteiger partial charge in [-0.15, -0.1) is 0 Å². The van der Waals surface area contributed by atoms with Crippen molar-refractivity contribution < 1.29 is 24.2 Å². The monoisotopic (exact) mass is 409 g/mol. The maximum absolute atomic E-state index is 13.5. The van der Waals surface area contributed by atoms with Crippen molar-refractivity contribution in [3.8, 4) is 0 Å². The molecular formula is C21H35N3O5. The molecule has 3 aliphatic rings. The number of hydrogen-bond acceptors (Lipinski definition) is 5. The van der Waals surface area contributed by atoms with Crippen LogP contribution in [0.5, 0.6) is 0 Å². The summed E-state index contributed by atoms with van der Waals surface area (Å²) in [6.07, 6.45) is 4.91. The van der Waals surface area contributed by atoms with E-state index in [0.29, 0.717) is 45.2 Å². The lowest BCUT2D eigenvalue weighted by molar-refractivity contribution is -0.147. The number of aliphatic hydroxyl groups excluding tert-OH is 1. The number of amides is 3. The van der Waals surface area contributed by atoms with Crippen molar-refractivity contribution in [3.63, 3.8) is 0 Å². The fraction of sp³-hybridized carbons (Fsp3) is 0.857. The molecule has 0 aromatic heterocycles. The maximum Gasteiger partial charge on any atom is 0.245 e. The number of carbonyl (C=O) groups excluding carboxylic acids is 3. The molecule has 0 radical (unpaired) electrons. The Hall–Kier alpha value is -1.67. The van der Waals surface area contributed by atoms with Gasteiger partial charge in [0.15, 0.2) is 0 Å². The number of ether oxygens (including phenoxy) is 1. The molecule has 5 atom stereocenters. The van der Waals surface area contributed by atoms with E-state index in [4.69, 9.17) is 9.84 Å². The number of hydrogen-bond donors (Lipinski definition) is 3. The highest BCUT2D eigenvalue weighted by Gasteiger charge is 2.78. The summed E-state index contributed by atoms with van der Waals surface area (Å²) in [5.41, 5.74) is -1.63. The van der Waals surface area contributed by atoms with Crippen LogP contribution in [0.3, 0.4) is 0 Å². The van der Waals surface area contributed by atoms with Gasteiger partial charge in [-0.3, -0.25) is 14.4 Å². The third-order valence-electron chi connectivity index (χ3n) is 7.09. The van der Waals surface area contributed by atoms with Gasteiger partial charge in [0.1, 0.15) is 11.6 Å².